The van der Waals surface area contributed by atoms with Gasteiger partial charge in [-0.2, -0.15) is 0 Å². The van der Waals surface area contributed by atoms with Crippen molar-refractivity contribution in [2.45, 2.75) is 0 Å². The first-order valence-electron chi connectivity index (χ1n) is 22.3. The van der Waals surface area contributed by atoms with Crippen LogP contribution in [0.25, 0.3) is 0 Å². The number of rotatable bonds is 0. The van der Waals surface area contributed by atoms with Crippen LogP contribution in [-0.4, -0.2) is 28.5 Å². The molecule has 0 amide bonds. The quantitative estimate of drug-likeness (QED) is 0.101. The Hall–Kier alpha value is -8.90. The van der Waals surface area contributed by atoms with E-state index in [1.165, 1.54) is 0 Å². The summed E-state index contributed by atoms with van der Waals surface area (Å²) < 4.78 is 16.0. The number of pyridine rings is 8. The third-order valence-electron chi connectivity index (χ3n) is 7.34. The molecule has 20 nitrogen and oxygen atoms in total. The van der Waals surface area contributed by atoms with E-state index in [1.54, 1.807) is 0 Å². The van der Waals surface area contributed by atoms with Gasteiger partial charge < -0.3 is 40.2 Å². The molecular weight excluding hydrogens is 964 g/mol. The smallest absolute Gasteiger partial charge is 0.168 e. The molecule has 8 aromatic rings. The highest BCUT2D eigenvalue weighted by atomic mass is 16.4. The van der Waals surface area contributed by atoms with Crippen LogP contribution in [0.15, 0.2) is 245 Å². The van der Waals surface area contributed by atoms with Gasteiger partial charge in [0.1, 0.15) is 56.4 Å². The van der Waals surface area contributed by atoms with Gasteiger partial charge in [0.2, 0.25) is 0 Å². The first kappa shape index (κ1) is 73.6. The Labute approximate surface area is 449 Å². The van der Waals surface area contributed by atoms with Gasteiger partial charge in [0, 0.05) is 126 Å². The highest BCUT2D eigenvalue weighted by Gasteiger charge is 1.83. The molecule has 0 atom stereocenters. The van der Waals surface area contributed by atoms with E-state index < -0.39 is 28.5 Å². The highest BCUT2D eigenvalue weighted by molar-refractivity contribution is 6.47. The third kappa shape index (κ3) is 67.2. The molecule has 8 aromatic heterocycles. The maximum absolute atomic E-state index is 8.98. The molecule has 0 unspecified atom stereocenters. The molecule has 0 aromatic carbocycles. The van der Waals surface area contributed by atoms with Gasteiger partial charge in [-0.15, -0.1) is 0 Å². The molecule has 0 aliphatic carbocycles. The molecule has 392 valence electrons. The highest BCUT2D eigenvalue weighted by Crippen LogP contribution is 1.76. The normalized spacial score (nSPS) is 7.95. The molecule has 24 heteroatoms. The molecular formula is C52H64B4N12O8. The SMILES string of the molecule is C[n+]1ccccc1.C[n+]1ccccc1.C[n+]1ccccc1.C[n+]1ccccc1.C[n+]1ccccc1.C[n+]1ccccc1.C[n+]1ccccc1.C[n+]1ccccc1.N#CB([O-])[O-].N#CB([O-])[O-].N#CB([O-])[O-].N#CB([O-])[O-]. The molecule has 0 aliphatic heterocycles. The van der Waals surface area contributed by atoms with Crippen LogP contribution in [0.2, 0.25) is 0 Å². The molecule has 8 rings (SSSR count). The second-order valence-electron chi connectivity index (χ2n) is 14.2. The van der Waals surface area contributed by atoms with Gasteiger partial charge in [-0.3, -0.25) is 0 Å². The fourth-order valence-corrected chi connectivity index (χ4v) is 3.88. The molecule has 0 bridgehead atoms. The van der Waals surface area contributed by atoms with Crippen molar-refractivity contribution in [3.05, 3.63) is 245 Å². The summed E-state index contributed by atoms with van der Waals surface area (Å²) in [7, 11) is 6.76. The number of aryl methyl sites for hydroxylation is 8. The van der Waals surface area contributed by atoms with E-state index in [0.29, 0.717) is 0 Å². The number of hydrogen-bond acceptors (Lipinski definition) is 12. The molecule has 0 radical (unpaired) electrons. The van der Waals surface area contributed by atoms with E-state index in [9.17, 15) is 0 Å². The van der Waals surface area contributed by atoms with E-state index in [1.807, 2.05) is 338 Å². The Bertz CT molecular complexity index is 2110. The molecule has 8 heterocycles. The summed E-state index contributed by atoms with van der Waals surface area (Å²) in [5.41, 5.74) is 0. The minimum atomic E-state index is -2.31. The molecule has 0 aliphatic rings. The monoisotopic (exact) mass is 1030 g/mol. The Balaban J connectivity index is -0.000000373. The van der Waals surface area contributed by atoms with Gasteiger partial charge in [-0.05, 0) is 23.9 Å². The zero-order chi connectivity index (χ0) is 58.0. The van der Waals surface area contributed by atoms with Crippen molar-refractivity contribution in [3.8, 4) is 23.9 Å². The average Bonchev–Trinajstić information content (AvgIpc) is 3.42. The van der Waals surface area contributed by atoms with Gasteiger partial charge in [-0.1, -0.05) is 48.5 Å². The van der Waals surface area contributed by atoms with Gasteiger partial charge in [0.05, 0.1) is 0 Å². The second kappa shape index (κ2) is 55.4. The Morgan fingerprint density at radius 3 is 0.289 bits per heavy atom. The number of hydrogen-bond donors (Lipinski definition) is 0. The van der Waals surface area contributed by atoms with Crippen LogP contribution in [0.3, 0.4) is 0 Å². The third-order valence-corrected chi connectivity index (χ3v) is 7.34. The van der Waals surface area contributed by atoms with Crippen molar-refractivity contribution in [2.24, 2.45) is 56.4 Å². The summed E-state index contributed by atoms with van der Waals surface area (Å²) in [6.45, 7) is 0. The molecule has 0 spiro atoms. The Morgan fingerprint density at radius 1 is 0.197 bits per heavy atom. The van der Waals surface area contributed by atoms with E-state index in [0.717, 1.165) is 23.9 Å². The van der Waals surface area contributed by atoms with Crippen LogP contribution in [0, 0.1) is 44.9 Å². The number of nitrogens with zero attached hydrogens (tertiary/aromatic N) is 12. The van der Waals surface area contributed by atoms with Crippen LogP contribution in [-0.2, 0) is 56.4 Å². The van der Waals surface area contributed by atoms with Gasteiger partial charge >= 0.3 is 0 Å². The van der Waals surface area contributed by atoms with Crippen molar-refractivity contribution in [1.29, 1.82) is 21.0 Å². The van der Waals surface area contributed by atoms with Gasteiger partial charge in [-0.25, -0.2) is 57.6 Å². The number of nitriles is 4. The molecule has 0 saturated heterocycles. The van der Waals surface area contributed by atoms with Crippen LogP contribution < -0.4 is 76.7 Å². The van der Waals surface area contributed by atoms with E-state index in [2.05, 4.69) is 0 Å². The van der Waals surface area contributed by atoms with Crippen LogP contribution in [0.4, 0.5) is 0 Å². The summed E-state index contributed by atoms with van der Waals surface area (Å²) in [6, 6.07) is 48.0. The zero-order valence-electron chi connectivity index (χ0n) is 44.0. The van der Waals surface area contributed by atoms with Crippen molar-refractivity contribution in [1.82, 2.24) is 0 Å². The van der Waals surface area contributed by atoms with Crippen LogP contribution in [0.1, 0.15) is 0 Å². The van der Waals surface area contributed by atoms with Gasteiger partial charge in [0.25, 0.3) is 0 Å². The molecule has 0 fully saturated rings. The lowest BCUT2D eigenvalue weighted by Crippen LogP contribution is -2.43. The Kier molecular flexibility index (Phi) is 53.7. The Morgan fingerprint density at radius 2 is 0.263 bits per heavy atom. The van der Waals surface area contributed by atoms with Crippen molar-refractivity contribution in [3.63, 3.8) is 0 Å². The summed E-state index contributed by atoms with van der Waals surface area (Å²) in [6.07, 6.45) is 32.0. The molecule has 0 N–H and O–H groups in total. The van der Waals surface area contributed by atoms with E-state index in [4.69, 9.17) is 61.2 Å². The summed E-state index contributed by atoms with van der Waals surface area (Å²) in [5, 5.41) is 101. The zero-order valence-corrected chi connectivity index (χ0v) is 44.0. The van der Waals surface area contributed by atoms with E-state index in [-0.39, 0.29) is 0 Å². The largest absolute Gasteiger partial charge is 0.881 e. The minimum absolute atomic E-state index is 0.917. The van der Waals surface area contributed by atoms with Crippen LogP contribution in [0.5, 0.6) is 0 Å². The predicted octanol–water partition coefficient (Wildman–Crippen LogP) is -6.88. The second-order valence-corrected chi connectivity index (χ2v) is 14.2. The maximum Gasteiger partial charge on any atom is 0.168 e. The fraction of sp³-hybridized carbons (Fsp3) is 0.154. The first-order chi connectivity index (χ1) is 36.2. The lowest BCUT2D eigenvalue weighted by Gasteiger charge is -2.12. The van der Waals surface area contributed by atoms with Gasteiger partial charge in [0.15, 0.2) is 99.1 Å². The summed E-state index contributed by atoms with van der Waals surface area (Å²) >= 11 is 0. The topological polar surface area (TPSA) is 311 Å². The average molecular weight is 1030 g/mol. The molecule has 0 saturated carbocycles. The standard InChI is InChI=1S/8C6H8N.4CBNO2/c8*1-7-5-3-2-4-6-7;4*3-1-2(4)5/h8*2-6H,1H3;;;;/q8*+1;4*-2. The van der Waals surface area contributed by atoms with Crippen LogP contribution >= 0.6 is 0 Å². The van der Waals surface area contributed by atoms with Crippen molar-refractivity contribution >= 4 is 28.5 Å². The minimum Gasteiger partial charge on any atom is -0.881 e. The predicted molar refractivity (Wildman–Crippen MR) is 266 cm³/mol. The maximum atomic E-state index is 8.98. The van der Waals surface area contributed by atoms with E-state index >= 15 is 0 Å². The summed E-state index contributed by atoms with van der Waals surface area (Å²) in [4.78, 5) is 0. The lowest BCUT2D eigenvalue weighted by molar-refractivity contribution is -0.671. The van der Waals surface area contributed by atoms with Crippen molar-refractivity contribution < 1.29 is 76.7 Å². The lowest BCUT2D eigenvalue weighted by atomic mass is 9.97. The molecule has 76 heavy (non-hydrogen) atoms. The fourth-order valence-electron chi connectivity index (χ4n) is 3.88. The van der Waals surface area contributed by atoms with Crippen molar-refractivity contribution in [2.75, 3.05) is 0 Å². The first-order valence-corrected chi connectivity index (χ1v) is 22.3. The number of aromatic nitrogens is 8. The summed E-state index contributed by atoms with van der Waals surface area (Å²) in [5.74, 6) is 3.67.